The molecule has 5 heavy (non-hydrogen) atoms. The molecule has 2 heteroatoms. The molecule has 0 spiro atoms. The summed E-state index contributed by atoms with van der Waals surface area (Å²) >= 11 is 8.95. The average molecular weight is 104 g/mol. The maximum absolute atomic E-state index is 4.54. The maximum Gasteiger partial charge on any atom is 0.0228 e. The molecule has 0 heterocycles. The van der Waals surface area contributed by atoms with Gasteiger partial charge in [0.05, 0.1) is 0 Å². The van der Waals surface area contributed by atoms with E-state index < -0.39 is 0 Å². The summed E-state index contributed by atoms with van der Waals surface area (Å²) in [6, 6.07) is 0. The molecule has 0 nitrogen and oxygen atoms in total. The van der Waals surface area contributed by atoms with E-state index in [1.807, 2.05) is 0 Å². The van der Waals surface area contributed by atoms with Crippen LogP contribution < -0.4 is 0 Å². The second-order valence-electron chi connectivity index (χ2n) is 0.729. The molecule has 0 aliphatic carbocycles. The van der Waals surface area contributed by atoms with Crippen LogP contribution in [0, 0.1) is 0 Å². The fourth-order valence-electron chi connectivity index (χ4n) is 0. The zero-order valence-electron chi connectivity index (χ0n) is 2.89. The highest BCUT2D eigenvalue weighted by atomic mass is 32.1. The van der Waals surface area contributed by atoms with E-state index in [0.717, 1.165) is 4.86 Å². The average Bonchev–Trinajstić information content (AvgIpc) is 1.38. The van der Waals surface area contributed by atoms with Crippen molar-refractivity contribution < 1.29 is 0 Å². The Labute approximate surface area is 42.2 Å². The molecule has 0 aromatic carbocycles. The molecule has 0 aromatic rings. The van der Waals surface area contributed by atoms with Gasteiger partial charge in [-0.15, -0.1) is 0 Å². The second kappa shape index (κ2) is 2.42. The SMILES string of the molecule is CC(=S)C=S. The first-order chi connectivity index (χ1) is 2.27. The summed E-state index contributed by atoms with van der Waals surface area (Å²) in [5.41, 5.74) is 0. The molecule has 28 valence electrons. The number of rotatable bonds is 1. The topological polar surface area (TPSA) is 0 Å². The van der Waals surface area contributed by atoms with Gasteiger partial charge in [0.1, 0.15) is 0 Å². The van der Waals surface area contributed by atoms with Gasteiger partial charge in [-0.05, 0) is 6.92 Å². The Kier molecular flexibility index (Phi) is 2.51. The third kappa shape index (κ3) is 4.18. The lowest BCUT2D eigenvalue weighted by Gasteiger charge is -1.65. The van der Waals surface area contributed by atoms with E-state index in [-0.39, 0.29) is 0 Å². The van der Waals surface area contributed by atoms with Crippen LogP contribution in [0.1, 0.15) is 6.92 Å². The molecule has 0 radical (unpaired) electrons. The summed E-state index contributed by atoms with van der Waals surface area (Å²) in [6.45, 7) is 1.79. The quantitative estimate of drug-likeness (QED) is 0.461. The van der Waals surface area contributed by atoms with Gasteiger partial charge >= 0.3 is 0 Å². The van der Waals surface area contributed by atoms with Crippen molar-refractivity contribution in [3.05, 3.63) is 0 Å². The summed E-state index contributed by atoms with van der Waals surface area (Å²) in [7, 11) is 0. The van der Waals surface area contributed by atoms with Crippen molar-refractivity contribution in [2.24, 2.45) is 0 Å². The third-order valence-electron chi connectivity index (χ3n) is 0.166. The minimum Gasteiger partial charge on any atom is -0.0875 e. The molecule has 0 amide bonds. The first kappa shape index (κ1) is 5.18. The zero-order valence-corrected chi connectivity index (χ0v) is 4.53. The van der Waals surface area contributed by atoms with Crippen molar-refractivity contribution in [2.45, 2.75) is 6.92 Å². The summed E-state index contributed by atoms with van der Waals surface area (Å²) in [4.78, 5) is 0.778. The molecule has 0 unspecified atom stereocenters. The monoisotopic (exact) mass is 104 g/mol. The van der Waals surface area contributed by atoms with Gasteiger partial charge in [0, 0.05) is 10.2 Å². The van der Waals surface area contributed by atoms with Crippen LogP contribution in [-0.4, -0.2) is 10.2 Å². The minimum absolute atomic E-state index is 0.778. The standard InChI is InChI=1S/C3H4S2/c1-3(5)2-4/h2H,1H3. The smallest absolute Gasteiger partial charge is 0.0228 e. The van der Waals surface area contributed by atoms with Crippen LogP contribution in [-0.2, 0) is 0 Å². The van der Waals surface area contributed by atoms with E-state index in [4.69, 9.17) is 0 Å². The summed E-state index contributed by atoms with van der Waals surface area (Å²) in [5.74, 6) is 0. The van der Waals surface area contributed by atoms with E-state index >= 15 is 0 Å². The molecule has 0 aromatic heterocycles. The molecular weight excluding hydrogens is 100 g/mol. The zero-order chi connectivity index (χ0) is 4.28. The normalized spacial score (nSPS) is 6.60. The van der Waals surface area contributed by atoms with Crippen molar-refractivity contribution in [2.75, 3.05) is 0 Å². The second-order valence-corrected chi connectivity index (χ2v) is 1.61. The Hall–Kier alpha value is 0.180. The molecule has 0 fully saturated rings. The van der Waals surface area contributed by atoms with E-state index in [9.17, 15) is 0 Å². The highest BCUT2D eigenvalue weighted by Gasteiger charge is 1.65. The molecule has 0 atom stereocenters. The fourth-order valence-corrected chi connectivity index (χ4v) is 0. The number of hydrogen-bond donors (Lipinski definition) is 0. The van der Waals surface area contributed by atoms with Gasteiger partial charge in [-0.3, -0.25) is 0 Å². The predicted octanol–water partition coefficient (Wildman–Crippen LogP) is 1.38. The van der Waals surface area contributed by atoms with Crippen LogP contribution in [0.5, 0.6) is 0 Å². The summed E-state index contributed by atoms with van der Waals surface area (Å²) in [6.07, 6.45) is 0. The van der Waals surface area contributed by atoms with Crippen molar-refractivity contribution in [3.63, 3.8) is 0 Å². The minimum atomic E-state index is 0.778. The maximum atomic E-state index is 4.54. The van der Waals surface area contributed by atoms with Crippen LogP contribution in [0.3, 0.4) is 0 Å². The van der Waals surface area contributed by atoms with E-state index in [1.54, 1.807) is 6.92 Å². The molecule has 0 saturated carbocycles. The molecule has 0 aliphatic rings. The van der Waals surface area contributed by atoms with Crippen molar-refractivity contribution >= 4 is 34.7 Å². The first-order valence-corrected chi connectivity index (χ1v) is 2.11. The third-order valence-corrected chi connectivity index (χ3v) is 0.787. The van der Waals surface area contributed by atoms with Gasteiger partial charge < -0.3 is 0 Å². The van der Waals surface area contributed by atoms with Crippen molar-refractivity contribution in [3.8, 4) is 0 Å². The van der Waals surface area contributed by atoms with E-state index in [1.165, 1.54) is 5.37 Å². The summed E-state index contributed by atoms with van der Waals surface area (Å²) in [5, 5.41) is 1.48. The van der Waals surface area contributed by atoms with Crippen LogP contribution >= 0.6 is 24.4 Å². The summed E-state index contributed by atoms with van der Waals surface area (Å²) < 4.78 is 0. The molecular formula is C3H4S2. The molecule has 0 N–H and O–H groups in total. The Balaban J connectivity index is 3.20. The van der Waals surface area contributed by atoms with Gasteiger partial charge in [-0.25, -0.2) is 0 Å². The van der Waals surface area contributed by atoms with Gasteiger partial charge in [-0.2, -0.15) is 0 Å². The molecule has 0 saturated heterocycles. The van der Waals surface area contributed by atoms with Gasteiger partial charge in [0.15, 0.2) is 0 Å². The Morgan fingerprint density at radius 3 is 2.00 bits per heavy atom. The lowest BCUT2D eigenvalue weighted by molar-refractivity contribution is 2.10. The van der Waals surface area contributed by atoms with Crippen LogP contribution in [0.2, 0.25) is 0 Å². The number of thiocarbonyl (C=S) groups is 2. The Morgan fingerprint density at radius 1 is 1.80 bits per heavy atom. The fraction of sp³-hybridized carbons (Fsp3) is 0.333. The Morgan fingerprint density at radius 2 is 2.00 bits per heavy atom. The highest BCUT2D eigenvalue weighted by Crippen LogP contribution is 1.63. The van der Waals surface area contributed by atoms with Gasteiger partial charge in [-0.1, -0.05) is 24.4 Å². The molecule has 0 rings (SSSR count). The Bertz CT molecular complexity index is 55.9. The van der Waals surface area contributed by atoms with E-state index in [2.05, 4.69) is 24.4 Å². The first-order valence-electron chi connectivity index (χ1n) is 1.23. The van der Waals surface area contributed by atoms with Crippen LogP contribution in [0.15, 0.2) is 0 Å². The van der Waals surface area contributed by atoms with Gasteiger partial charge in [0.2, 0.25) is 0 Å². The van der Waals surface area contributed by atoms with Crippen LogP contribution in [0.4, 0.5) is 0 Å². The molecule has 0 bridgehead atoms. The predicted molar refractivity (Wildman–Crippen MR) is 31.9 cm³/mol. The number of hydrogen-bond acceptors (Lipinski definition) is 2. The highest BCUT2D eigenvalue weighted by molar-refractivity contribution is 7.88. The van der Waals surface area contributed by atoms with Gasteiger partial charge in [0.25, 0.3) is 0 Å². The lowest BCUT2D eigenvalue weighted by atomic mass is 10.6. The molecule has 0 aliphatic heterocycles. The van der Waals surface area contributed by atoms with Crippen LogP contribution in [0.25, 0.3) is 0 Å². The van der Waals surface area contributed by atoms with Crippen molar-refractivity contribution in [1.29, 1.82) is 0 Å². The van der Waals surface area contributed by atoms with E-state index in [0.29, 0.717) is 0 Å². The van der Waals surface area contributed by atoms with Crippen molar-refractivity contribution in [1.82, 2.24) is 0 Å². The lowest BCUT2D eigenvalue weighted by Crippen LogP contribution is -1.78. The largest absolute Gasteiger partial charge is 0.0875 e.